The molecule has 0 aromatic rings. The third-order valence-electron chi connectivity index (χ3n) is 3.60. The SMILES string of the molecule is CCCCCC(C(O)C/C=C/CC(=O)OC)[N+](C)(C)C. The second kappa shape index (κ2) is 9.94. The molecule has 0 saturated carbocycles. The molecule has 0 fully saturated rings. The third-order valence-corrected chi connectivity index (χ3v) is 3.60. The van der Waals surface area contributed by atoms with Crippen molar-refractivity contribution < 1.29 is 19.1 Å². The van der Waals surface area contributed by atoms with Crippen LogP contribution >= 0.6 is 0 Å². The van der Waals surface area contributed by atoms with Crippen LogP contribution in [0.4, 0.5) is 0 Å². The van der Waals surface area contributed by atoms with Gasteiger partial charge >= 0.3 is 5.97 Å². The molecule has 20 heavy (non-hydrogen) atoms. The molecule has 118 valence electrons. The molecule has 0 amide bonds. The van der Waals surface area contributed by atoms with Gasteiger partial charge in [0, 0.05) is 6.42 Å². The van der Waals surface area contributed by atoms with Crippen LogP contribution in [0.25, 0.3) is 0 Å². The Labute approximate surface area is 124 Å². The van der Waals surface area contributed by atoms with E-state index in [4.69, 9.17) is 0 Å². The number of methoxy groups -OCH3 is 1. The Morgan fingerprint density at radius 3 is 2.40 bits per heavy atom. The topological polar surface area (TPSA) is 46.5 Å². The second-order valence-electron chi connectivity index (χ2n) is 6.23. The molecule has 0 aromatic carbocycles. The van der Waals surface area contributed by atoms with Gasteiger partial charge in [-0.2, -0.15) is 0 Å². The molecule has 0 rings (SSSR count). The molecule has 0 aliphatic heterocycles. The summed E-state index contributed by atoms with van der Waals surface area (Å²) in [6, 6.07) is 0.226. The lowest BCUT2D eigenvalue weighted by Gasteiger charge is -2.37. The van der Waals surface area contributed by atoms with E-state index in [0.717, 1.165) is 17.3 Å². The summed E-state index contributed by atoms with van der Waals surface area (Å²) in [5.41, 5.74) is 0. The lowest BCUT2D eigenvalue weighted by atomic mass is 9.98. The highest BCUT2D eigenvalue weighted by Gasteiger charge is 2.29. The highest BCUT2D eigenvalue weighted by molar-refractivity contribution is 5.70. The number of quaternary nitrogens is 1. The summed E-state index contributed by atoms with van der Waals surface area (Å²) in [5, 5.41) is 10.4. The van der Waals surface area contributed by atoms with E-state index in [1.54, 1.807) is 6.08 Å². The van der Waals surface area contributed by atoms with Gasteiger partial charge in [-0.15, -0.1) is 0 Å². The molecular formula is C16H32NO3+. The zero-order valence-corrected chi connectivity index (χ0v) is 13.8. The summed E-state index contributed by atoms with van der Waals surface area (Å²) in [7, 11) is 7.75. The van der Waals surface area contributed by atoms with Crippen molar-refractivity contribution in [2.45, 2.75) is 57.6 Å². The summed E-state index contributed by atoms with van der Waals surface area (Å²) in [6.45, 7) is 2.19. The van der Waals surface area contributed by atoms with Crippen LogP contribution in [0.15, 0.2) is 12.2 Å². The minimum atomic E-state index is -0.374. The molecule has 0 aliphatic carbocycles. The maximum atomic E-state index is 11.0. The van der Waals surface area contributed by atoms with E-state index < -0.39 is 0 Å². The Morgan fingerprint density at radius 1 is 1.25 bits per heavy atom. The minimum Gasteiger partial charge on any atom is -0.469 e. The van der Waals surface area contributed by atoms with E-state index in [-0.39, 0.29) is 24.5 Å². The summed E-state index contributed by atoms with van der Waals surface area (Å²) in [6.07, 6.45) is 8.72. The number of hydrogen-bond acceptors (Lipinski definition) is 3. The molecule has 0 spiro atoms. The number of esters is 1. The first kappa shape index (κ1) is 19.1. The summed E-state index contributed by atoms with van der Waals surface area (Å²) in [5.74, 6) is -0.248. The number of aliphatic hydroxyl groups is 1. The van der Waals surface area contributed by atoms with E-state index in [1.165, 1.54) is 20.0 Å². The quantitative estimate of drug-likeness (QED) is 0.290. The van der Waals surface area contributed by atoms with Gasteiger partial charge in [-0.3, -0.25) is 4.79 Å². The van der Waals surface area contributed by atoms with Crippen LogP contribution in [0.1, 0.15) is 45.4 Å². The Kier molecular flexibility index (Phi) is 9.51. The van der Waals surface area contributed by atoms with Gasteiger partial charge in [0.05, 0.1) is 34.7 Å². The molecule has 0 radical (unpaired) electrons. The van der Waals surface area contributed by atoms with Crippen molar-refractivity contribution in [3.63, 3.8) is 0 Å². The van der Waals surface area contributed by atoms with Crippen molar-refractivity contribution in [1.29, 1.82) is 0 Å². The fourth-order valence-electron chi connectivity index (χ4n) is 2.36. The number of unbranched alkanes of at least 4 members (excludes halogenated alkanes) is 2. The number of nitrogens with zero attached hydrogens (tertiary/aromatic N) is 1. The Balaban J connectivity index is 4.33. The molecule has 2 unspecified atom stereocenters. The maximum Gasteiger partial charge on any atom is 0.309 e. The number of likely N-dealkylation sites (N-methyl/N-ethyl adjacent to an activating group) is 1. The molecule has 0 aliphatic rings. The normalized spacial score (nSPS) is 15.3. The van der Waals surface area contributed by atoms with Crippen LogP contribution in [0.5, 0.6) is 0 Å². The first-order valence-electron chi connectivity index (χ1n) is 7.53. The van der Waals surface area contributed by atoms with E-state index in [0.29, 0.717) is 6.42 Å². The predicted octanol–water partition coefficient (Wildman–Crippen LogP) is 2.51. The fourth-order valence-corrected chi connectivity index (χ4v) is 2.36. The van der Waals surface area contributed by atoms with E-state index in [2.05, 4.69) is 32.8 Å². The van der Waals surface area contributed by atoms with E-state index in [9.17, 15) is 9.90 Å². The summed E-state index contributed by atoms with van der Waals surface area (Å²) < 4.78 is 5.33. The van der Waals surface area contributed by atoms with Crippen LogP contribution in [0, 0.1) is 0 Å². The second-order valence-corrected chi connectivity index (χ2v) is 6.23. The smallest absolute Gasteiger partial charge is 0.309 e. The number of hydrogen-bond donors (Lipinski definition) is 1. The average molecular weight is 286 g/mol. The molecule has 0 saturated heterocycles. The molecule has 2 atom stereocenters. The molecule has 1 N–H and O–H groups in total. The van der Waals surface area contributed by atoms with Crippen molar-refractivity contribution in [2.24, 2.45) is 0 Å². The standard InChI is InChI=1S/C16H32NO3/c1-6-7-8-11-14(17(2,3)4)15(18)12-9-10-13-16(19)20-5/h9-10,14-15,18H,6-8,11-13H2,1-5H3/q+1/b10-9+. The first-order chi connectivity index (χ1) is 9.32. The lowest BCUT2D eigenvalue weighted by Crippen LogP contribution is -2.51. The van der Waals surface area contributed by atoms with Crippen molar-refractivity contribution in [3.05, 3.63) is 12.2 Å². The summed E-state index contributed by atoms with van der Waals surface area (Å²) >= 11 is 0. The molecule has 0 heterocycles. The van der Waals surface area contributed by atoms with Gasteiger partial charge < -0.3 is 14.3 Å². The van der Waals surface area contributed by atoms with Crippen molar-refractivity contribution in [2.75, 3.05) is 28.3 Å². The van der Waals surface area contributed by atoms with Crippen molar-refractivity contribution in [1.82, 2.24) is 0 Å². The van der Waals surface area contributed by atoms with E-state index in [1.807, 2.05) is 6.08 Å². The van der Waals surface area contributed by atoms with Crippen LogP contribution in [0.2, 0.25) is 0 Å². The van der Waals surface area contributed by atoms with Gasteiger partial charge in [0.15, 0.2) is 0 Å². The summed E-state index contributed by atoms with van der Waals surface area (Å²) in [4.78, 5) is 11.0. The lowest BCUT2D eigenvalue weighted by molar-refractivity contribution is -0.900. The number of aliphatic hydroxyl groups excluding tert-OH is 1. The minimum absolute atomic E-state index is 0.226. The predicted molar refractivity (Wildman–Crippen MR) is 82.4 cm³/mol. The molecule has 4 heteroatoms. The van der Waals surface area contributed by atoms with Gasteiger partial charge in [-0.25, -0.2) is 0 Å². The monoisotopic (exact) mass is 286 g/mol. The van der Waals surface area contributed by atoms with Crippen LogP contribution in [-0.4, -0.2) is 56.0 Å². The maximum absolute atomic E-state index is 11.0. The number of rotatable bonds is 10. The molecular weight excluding hydrogens is 254 g/mol. The zero-order chi connectivity index (χ0) is 15.6. The van der Waals surface area contributed by atoms with E-state index >= 15 is 0 Å². The number of ether oxygens (including phenoxy) is 1. The van der Waals surface area contributed by atoms with Gasteiger partial charge in [0.2, 0.25) is 0 Å². The first-order valence-corrected chi connectivity index (χ1v) is 7.53. The fraction of sp³-hybridized carbons (Fsp3) is 0.812. The largest absolute Gasteiger partial charge is 0.469 e. The van der Waals surface area contributed by atoms with Crippen molar-refractivity contribution >= 4 is 5.97 Å². The zero-order valence-electron chi connectivity index (χ0n) is 13.8. The average Bonchev–Trinajstić information content (AvgIpc) is 2.37. The van der Waals surface area contributed by atoms with Gasteiger partial charge in [-0.05, 0) is 12.8 Å². The van der Waals surface area contributed by atoms with Gasteiger partial charge in [-0.1, -0.05) is 31.9 Å². The Bertz CT molecular complexity index is 295. The molecule has 0 aromatic heterocycles. The van der Waals surface area contributed by atoms with Crippen LogP contribution in [-0.2, 0) is 9.53 Å². The number of carbonyl (C=O) groups excluding carboxylic acids is 1. The van der Waals surface area contributed by atoms with Crippen LogP contribution < -0.4 is 0 Å². The molecule has 4 nitrogen and oxygen atoms in total. The van der Waals surface area contributed by atoms with Gasteiger partial charge in [0.1, 0.15) is 12.1 Å². The highest BCUT2D eigenvalue weighted by Crippen LogP contribution is 2.18. The Morgan fingerprint density at radius 2 is 1.90 bits per heavy atom. The van der Waals surface area contributed by atoms with Gasteiger partial charge in [0.25, 0.3) is 0 Å². The van der Waals surface area contributed by atoms with Crippen molar-refractivity contribution in [3.8, 4) is 0 Å². The number of carbonyl (C=O) groups is 1. The highest BCUT2D eigenvalue weighted by atomic mass is 16.5. The molecule has 0 bridgehead atoms. The Hall–Kier alpha value is -0.870. The van der Waals surface area contributed by atoms with Crippen LogP contribution in [0.3, 0.4) is 0 Å². The third kappa shape index (κ3) is 8.33.